The van der Waals surface area contributed by atoms with E-state index in [1.807, 2.05) is 0 Å². The number of rotatable bonds is 8. The molecule has 0 bridgehead atoms. The van der Waals surface area contributed by atoms with Crippen LogP contribution in [0.15, 0.2) is 16.9 Å². The average Bonchev–Trinajstić information content (AvgIpc) is 3.30. The molecule has 0 spiro atoms. The smallest absolute Gasteiger partial charge is 0.295 e. The second kappa shape index (κ2) is 9.65. The lowest BCUT2D eigenvalue weighted by Crippen LogP contribution is -2.54. The summed E-state index contributed by atoms with van der Waals surface area (Å²) in [6.45, 7) is 2.01. The van der Waals surface area contributed by atoms with E-state index in [4.69, 9.17) is 21.1 Å². The number of ether oxygens (including phenoxy) is 2. The van der Waals surface area contributed by atoms with Crippen LogP contribution >= 0.6 is 22.9 Å². The van der Waals surface area contributed by atoms with Crippen molar-refractivity contribution in [3.8, 4) is 0 Å². The average molecular weight is 508 g/mol. The number of likely N-dealkylation sites (tertiary alicyclic amines) is 1. The molecule has 3 aromatic heterocycles. The van der Waals surface area contributed by atoms with Crippen LogP contribution < -0.4 is 10.9 Å². The first kappa shape index (κ1) is 23.3. The molecule has 5 rings (SSSR count). The summed E-state index contributed by atoms with van der Waals surface area (Å²) in [6, 6.07) is 3.95. The number of amides is 1. The van der Waals surface area contributed by atoms with Gasteiger partial charge in [-0.2, -0.15) is 4.68 Å². The van der Waals surface area contributed by atoms with Crippen molar-refractivity contribution >= 4 is 51.1 Å². The third-order valence-corrected chi connectivity index (χ3v) is 7.91. The number of nitrogens with zero attached hydrogens (tertiary/aromatic N) is 4. The van der Waals surface area contributed by atoms with E-state index in [-0.39, 0.29) is 19.1 Å². The molecule has 1 amide bonds. The van der Waals surface area contributed by atoms with Gasteiger partial charge in [-0.1, -0.05) is 18.0 Å². The number of hydrogen-bond acceptors (Lipinski definition) is 8. The minimum atomic E-state index is -1.53. The molecule has 1 saturated heterocycles. The predicted octanol–water partition coefficient (Wildman–Crippen LogP) is 2.32. The summed E-state index contributed by atoms with van der Waals surface area (Å²) >= 11 is 7.46. The van der Waals surface area contributed by atoms with Gasteiger partial charge in [0, 0.05) is 31.1 Å². The highest BCUT2D eigenvalue weighted by Gasteiger charge is 2.33. The van der Waals surface area contributed by atoms with Crippen molar-refractivity contribution in [3.63, 3.8) is 0 Å². The molecule has 0 radical (unpaired) electrons. The van der Waals surface area contributed by atoms with E-state index in [9.17, 15) is 14.4 Å². The van der Waals surface area contributed by atoms with Gasteiger partial charge in [0.25, 0.3) is 24.2 Å². The minimum absolute atomic E-state index is 0.0739. The Kier molecular flexibility index (Phi) is 6.61. The summed E-state index contributed by atoms with van der Waals surface area (Å²) in [7, 11) is 1.51. The first-order valence-corrected chi connectivity index (χ1v) is 12.5. The van der Waals surface area contributed by atoms with E-state index in [2.05, 4.69) is 15.3 Å². The van der Waals surface area contributed by atoms with Gasteiger partial charge in [-0.15, -0.1) is 16.4 Å². The summed E-state index contributed by atoms with van der Waals surface area (Å²) < 4.78 is 13.6. The van der Waals surface area contributed by atoms with Gasteiger partial charge in [0.2, 0.25) is 0 Å². The fraction of sp³-hybridized carbons (Fsp3) is 0.545. The molecule has 3 aromatic rings. The minimum Gasteiger partial charge on any atom is -0.432 e. The fourth-order valence-corrected chi connectivity index (χ4v) is 6.09. The topological polar surface area (TPSA) is 107 Å². The number of methoxy groups -OCH3 is 1. The number of carbonyl (C=O) groups excluding carboxylic acids is 2. The van der Waals surface area contributed by atoms with Gasteiger partial charge in [-0.25, -0.2) is 0 Å². The van der Waals surface area contributed by atoms with Crippen LogP contribution in [0.4, 0.5) is 0 Å². The van der Waals surface area contributed by atoms with E-state index >= 15 is 0 Å². The summed E-state index contributed by atoms with van der Waals surface area (Å²) in [5.41, 5.74) is -0.262. The lowest BCUT2D eigenvalue weighted by atomic mass is 9.89. The molecular weight excluding hydrogens is 482 g/mol. The van der Waals surface area contributed by atoms with E-state index in [1.165, 1.54) is 37.7 Å². The van der Waals surface area contributed by atoms with E-state index in [0.29, 0.717) is 21.7 Å². The molecule has 1 N–H and O–H groups in total. The molecular formula is C22H26ClN5O5S. The Labute approximate surface area is 204 Å². The molecule has 0 aromatic carbocycles. The van der Waals surface area contributed by atoms with Gasteiger partial charge in [0.05, 0.1) is 4.34 Å². The summed E-state index contributed by atoms with van der Waals surface area (Å²) in [5, 5.41) is 8.12. The summed E-state index contributed by atoms with van der Waals surface area (Å²) in [4.78, 5) is 41.0. The number of halogens is 1. The molecule has 1 unspecified atom stereocenters. The molecule has 1 saturated carbocycles. The fourth-order valence-electron chi connectivity index (χ4n) is 4.85. The molecule has 182 valence electrons. The van der Waals surface area contributed by atoms with Gasteiger partial charge in [0.1, 0.15) is 17.0 Å². The van der Waals surface area contributed by atoms with Crippen LogP contribution in [0.5, 0.6) is 0 Å². The third kappa shape index (κ3) is 4.21. The van der Waals surface area contributed by atoms with Crippen LogP contribution in [-0.4, -0.2) is 63.7 Å². The Morgan fingerprint density at radius 2 is 2.18 bits per heavy atom. The maximum atomic E-state index is 13.4. The van der Waals surface area contributed by atoms with Crippen LogP contribution in [-0.2, 0) is 25.7 Å². The number of fused-ring (bicyclic) bond motifs is 3. The number of piperidine rings is 1. The van der Waals surface area contributed by atoms with Crippen molar-refractivity contribution in [3.05, 3.63) is 32.6 Å². The molecule has 2 aliphatic rings. The number of hydrogen-bond donors (Lipinski definition) is 1. The van der Waals surface area contributed by atoms with Gasteiger partial charge >= 0.3 is 0 Å². The Balaban J connectivity index is 1.47. The Morgan fingerprint density at radius 1 is 1.35 bits per heavy atom. The largest absolute Gasteiger partial charge is 0.432 e. The molecule has 34 heavy (non-hydrogen) atoms. The highest BCUT2D eigenvalue weighted by molar-refractivity contribution is 7.22. The van der Waals surface area contributed by atoms with Crippen LogP contribution in [0.3, 0.4) is 0 Å². The van der Waals surface area contributed by atoms with Crippen molar-refractivity contribution in [2.45, 2.75) is 57.0 Å². The molecule has 1 aliphatic carbocycles. The van der Waals surface area contributed by atoms with Crippen molar-refractivity contribution in [1.82, 2.24) is 24.4 Å². The molecule has 12 heteroatoms. The Morgan fingerprint density at radius 3 is 2.88 bits per heavy atom. The van der Waals surface area contributed by atoms with Gasteiger partial charge in [-0.05, 0) is 44.4 Å². The van der Waals surface area contributed by atoms with Gasteiger partial charge in [-0.3, -0.25) is 23.7 Å². The molecule has 2 fully saturated rings. The molecule has 1 aliphatic heterocycles. The third-order valence-electron chi connectivity index (χ3n) is 6.65. The number of thiophene rings is 1. The summed E-state index contributed by atoms with van der Waals surface area (Å²) in [5.74, 6) is -0.196. The zero-order valence-corrected chi connectivity index (χ0v) is 20.3. The highest BCUT2D eigenvalue weighted by atomic mass is 35.5. The predicted molar refractivity (Wildman–Crippen MR) is 127 cm³/mol. The standard InChI is InChI=1S/C22H26ClN5O5S/c1-32-11-18-25-28(20(31)16-8-13-9-17(23)34-22(13)27(16)18)21(33-12-29)19(30)24-14-4-3-7-26(10-14)15-5-2-6-15/h8-9,12,14-15,21H,2-7,10-11H2,1H3,(H,24,30)/t14?,21-/m1/s1. The van der Waals surface area contributed by atoms with Crippen LogP contribution in [0.2, 0.25) is 4.34 Å². The van der Waals surface area contributed by atoms with Crippen LogP contribution in [0, 0.1) is 0 Å². The van der Waals surface area contributed by atoms with Crippen molar-refractivity contribution in [1.29, 1.82) is 0 Å². The van der Waals surface area contributed by atoms with Crippen molar-refractivity contribution in [2.24, 2.45) is 0 Å². The molecule has 10 nitrogen and oxygen atoms in total. The number of aromatic nitrogens is 3. The van der Waals surface area contributed by atoms with Crippen molar-refractivity contribution in [2.75, 3.05) is 20.2 Å². The van der Waals surface area contributed by atoms with Crippen LogP contribution in [0.25, 0.3) is 15.7 Å². The zero-order valence-electron chi connectivity index (χ0n) is 18.7. The molecule has 4 heterocycles. The van der Waals surface area contributed by atoms with Gasteiger partial charge < -0.3 is 14.8 Å². The normalized spacial score (nSPS) is 20.4. The van der Waals surface area contributed by atoms with E-state index in [1.54, 1.807) is 16.5 Å². The van der Waals surface area contributed by atoms with E-state index in [0.717, 1.165) is 40.8 Å². The monoisotopic (exact) mass is 507 g/mol. The Bertz CT molecular complexity index is 1280. The Hall–Kier alpha value is -2.47. The maximum absolute atomic E-state index is 13.4. The van der Waals surface area contributed by atoms with E-state index < -0.39 is 17.7 Å². The SMILES string of the molecule is COCc1nn([C@H](OC=O)C(=O)NC2CCCN(C3CCC3)C2)c(=O)c2cc3cc(Cl)sc3n12. The van der Waals surface area contributed by atoms with Crippen molar-refractivity contribution < 1.29 is 19.1 Å². The molecule has 2 atom stereocenters. The highest BCUT2D eigenvalue weighted by Crippen LogP contribution is 2.32. The first-order chi connectivity index (χ1) is 16.5. The quantitative estimate of drug-likeness (QED) is 0.466. The number of nitrogens with one attached hydrogen (secondary N) is 1. The second-order valence-electron chi connectivity index (χ2n) is 8.79. The van der Waals surface area contributed by atoms with Crippen LogP contribution in [0.1, 0.15) is 44.2 Å². The number of carbonyl (C=O) groups is 2. The maximum Gasteiger partial charge on any atom is 0.295 e. The summed E-state index contributed by atoms with van der Waals surface area (Å²) in [6.07, 6.45) is 3.92. The lowest BCUT2D eigenvalue weighted by Gasteiger charge is -2.42. The zero-order chi connectivity index (χ0) is 23.8. The first-order valence-electron chi connectivity index (χ1n) is 11.3. The second-order valence-corrected chi connectivity index (χ2v) is 10.4. The lowest BCUT2D eigenvalue weighted by molar-refractivity contribution is -0.153. The van der Waals surface area contributed by atoms with Gasteiger partial charge in [0.15, 0.2) is 5.82 Å².